The molecule has 0 fully saturated rings. The lowest BCUT2D eigenvalue weighted by atomic mass is 10.2. The Morgan fingerprint density at radius 3 is 2.79 bits per heavy atom. The maximum Gasteiger partial charge on any atom is 0.337 e. The second-order valence-electron chi connectivity index (χ2n) is 6.78. The fraction of sp³-hybridized carbons (Fsp3) is 0.381. The molecule has 3 rings (SSSR count). The molecule has 2 heterocycles. The van der Waals surface area contributed by atoms with Gasteiger partial charge in [-0.1, -0.05) is 16.5 Å². The van der Waals surface area contributed by atoms with E-state index in [1.165, 1.54) is 18.4 Å². The van der Waals surface area contributed by atoms with Crippen molar-refractivity contribution in [3.63, 3.8) is 0 Å². The molecule has 176 valence electrons. The van der Waals surface area contributed by atoms with E-state index in [2.05, 4.69) is 15.5 Å². The van der Waals surface area contributed by atoms with Gasteiger partial charge in [0.1, 0.15) is 5.76 Å². The molecule has 2 aromatic heterocycles. The average molecular weight is 493 g/mol. The Kier molecular flexibility index (Phi) is 8.80. The van der Waals surface area contributed by atoms with Gasteiger partial charge in [0, 0.05) is 19.2 Å². The van der Waals surface area contributed by atoms with E-state index in [1.54, 1.807) is 31.2 Å². The van der Waals surface area contributed by atoms with Crippen molar-refractivity contribution < 1.29 is 28.4 Å². The molecule has 0 aliphatic rings. The van der Waals surface area contributed by atoms with Crippen LogP contribution in [0, 0.1) is 6.92 Å². The van der Waals surface area contributed by atoms with Crippen LogP contribution in [0.5, 0.6) is 0 Å². The lowest BCUT2D eigenvalue weighted by molar-refractivity contribution is -0.115. The van der Waals surface area contributed by atoms with Crippen LogP contribution in [0.2, 0.25) is 0 Å². The largest absolute Gasteiger partial charge is 0.465 e. The van der Waals surface area contributed by atoms with Gasteiger partial charge in [-0.3, -0.25) is 9.59 Å². The molecule has 33 heavy (non-hydrogen) atoms. The molecule has 0 saturated heterocycles. The van der Waals surface area contributed by atoms with Gasteiger partial charge in [-0.25, -0.2) is 4.79 Å². The van der Waals surface area contributed by atoms with Gasteiger partial charge in [-0.2, -0.15) is 4.99 Å². The summed E-state index contributed by atoms with van der Waals surface area (Å²) in [5.74, 6) is -0.0472. The molecule has 2 amide bonds. The number of hydrogen-bond acceptors (Lipinski definition) is 9. The molecular weight excluding hydrogens is 468 g/mol. The normalized spacial score (nSPS) is 11.7. The van der Waals surface area contributed by atoms with Gasteiger partial charge in [0.05, 0.1) is 41.0 Å². The summed E-state index contributed by atoms with van der Waals surface area (Å²) in [6.45, 7) is 5.17. The van der Waals surface area contributed by atoms with Crippen LogP contribution in [0.3, 0.4) is 0 Å². The smallest absolute Gasteiger partial charge is 0.337 e. The first-order valence-electron chi connectivity index (χ1n) is 10.1. The average Bonchev–Trinajstić information content (AvgIpc) is 3.35. The van der Waals surface area contributed by atoms with E-state index in [4.69, 9.17) is 14.0 Å². The Labute approximate surface area is 197 Å². The van der Waals surface area contributed by atoms with Gasteiger partial charge >= 0.3 is 5.97 Å². The first-order valence-corrected chi connectivity index (χ1v) is 12.1. The highest BCUT2D eigenvalue weighted by Gasteiger charge is 2.13. The Hall–Kier alpha value is -2.96. The zero-order valence-corrected chi connectivity index (χ0v) is 20.1. The summed E-state index contributed by atoms with van der Waals surface area (Å²) < 4.78 is 17.8. The fourth-order valence-corrected chi connectivity index (χ4v) is 4.61. The van der Waals surface area contributed by atoms with Crippen LogP contribution in [-0.2, 0) is 25.6 Å². The van der Waals surface area contributed by atoms with Crippen molar-refractivity contribution in [1.82, 2.24) is 9.72 Å². The highest BCUT2D eigenvalue weighted by molar-refractivity contribution is 8.00. The number of thioether (sulfide) groups is 1. The number of nitrogens with one attached hydrogen (secondary N) is 1. The number of ether oxygens (including phenoxy) is 2. The van der Waals surface area contributed by atoms with Gasteiger partial charge in [0.2, 0.25) is 5.91 Å². The van der Waals surface area contributed by atoms with Crippen LogP contribution in [0.25, 0.3) is 10.2 Å². The van der Waals surface area contributed by atoms with Crippen LogP contribution in [-0.4, -0.2) is 59.3 Å². The van der Waals surface area contributed by atoms with Crippen molar-refractivity contribution in [3.8, 4) is 0 Å². The highest BCUT2D eigenvalue weighted by atomic mass is 32.2. The standard InChI is InChI=1S/C21H24N4O6S2/c1-4-30-8-7-25-15-6-5-14(20(28)29-3)10-16(15)33-21(25)23-19(27)12-32-11-18(26)22-17-9-13(2)31-24-17/h5-6,9-10H,4,7-8,11-12H2,1-3H3,(H,22,24,26). The molecule has 0 aliphatic heterocycles. The maximum absolute atomic E-state index is 12.5. The Bertz CT molecular complexity index is 1210. The van der Waals surface area contributed by atoms with Crippen LogP contribution in [0.4, 0.5) is 5.82 Å². The number of benzene rings is 1. The van der Waals surface area contributed by atoms with E-state index in [0.717, 1.165) is 22.0 Å². The van der Waals surface area contributed by atoms with Gasteiger partial charge in [0.15, 0.2) is 10.6 Å². The van der Waals surface area contributed by atoms with E-state index >= 15 is 0 Å². The number of aromatic nitrogens is 2. The molecular formula is C21H24N4O6S2. The van der Waals surface area contributed by atoms with Gasteiger partial charge in [0.25, 0.3) is 5.91 Å². The number of esters is 1. The topological polar surface area (TPSA) is 125 Å². The molecule has 0 unspecified atom stereocenters. The summed E-state index contributed by atoms with van der Waals surface area (Å²) in [5, 5.41) is 6.30. The van der Waals surface area contributed by atoms with Crippen molar-refractivity contribution in [2.75, 3.05) is 37.1 Å². The number of methoxy groups -OCH3 is 1. The minimum absolute atomic E-state index is 0.0401. The molecule has 3 aromatic rings. The minimum Gasteiger partial charge on any atom is -0.465 e. The summed E-state index contributed by atoms with van der Waals surface area (Å²) in [7, 11) is 1.33. The minimum atomic E-state index is -0.434. The van der Waals surface area contributed by atoms with E-state index in [0.29, 0.717) is 41.7 Å². The van der Waals surface area contributed by atoms with Crippen molar-refractivity contribution in [2.24, 2.45) is 4.99 Å². The summed E-state index contributed by atoms with van der Waals surface area (Å²) >= 11 is 2.46. The zero-order chi connectivity index (χ0) is 23.8. The summed E-state index contributed by atoms with van der Waals surface area (Å²) in [5.41, 5.74) is 1.26. The molecule has 1 aromatic carbocycles. The molecule has 1 N–H and O–H groups in total. The van der Waals surface area contributed by atoms with E-state index in [1.807, 2.05) is 11.5 Å². The number of rotatable bonds is 10. The van der Waals surface area contributed by atoms with E-state index in [-0.39, 0.29) is 23.3 Å². The lowest BCUT2D eigenvalue weighted by Gasteiger charge is -2.06. The van der Waals surface area contributed by atoms with E-state index in [9.17, 15) is 14.4 Å². The van der Waals surface area contributed by atoms with Crippen LogP contribution < -0.4 is 10.1 Å². The molecule has 0 aliphatic carbocycles. The Morgan fingerprint density at radius 2 is 2.09 bits per heavy atom. The molecule has 12 heteroatoms. The van der Waals surface area contributed by atoms with Crippen molar-refractivity contribution in [2.45, 2.75) is 20.4 Å². The number of hydrogen-bond donors (Lipinski definition) is 1. The number of aryl methyl sites for hydroxylation is 1. The number of thiazole rings is 1. The SMILES string of the molecule is CCOCCn1c(=NC(=O)CSCC(=O)Nc2cc(C)on2)sc2cc(C(=O)OC)ccc21. The van der Waals surface area contributed by atoms with Gasteiger partial charge in [-0.05, 0) is 32.0 Å². The second-order valence-corrected chi connectivity index (χ2v) is 8.77. The predicted molar refractivity (Wildman–Crippen MR) is 125 cm³/mol. The van der Waals surface area contributed by atoms with E-state index < -0.39 is 5.97 Å². The monoisotopic (exact) mass is 492 g/mol. The summed E-state index contributed by atoms with van der Waals surface area (Å²) in [4.78, 5) is 41.1. The van der Waals surface area contributed by atoms with Crippen LogP contribution in [0.15, 0.2) is 33.8 Å². The zero-order valence-electron chi connectivity index (χ0n) is 18.5. The lowest BCUT2D eigenvalue weighted by Crippen LogP contribution is -2.20. The predicted octanol–water partition coefficient (Wildman–Crippen LogP) is 2.62. The molecule has 0 spiro atoms. The Balaban J connectivity index is 1.71. The van der Waals surface area contributed by atoms with Crippen molar-refractivity contribution in [1.29, 1.82) is 0 Å². The third kappa shape index (κ3) is 6.76. The maximum atomic E-state index is 12.5. The number of fused-ring (bicyclic) bond motifs is 1. The number of amides is 2. The van der Waals surface area contributed by atoms with Crippen LogP contribution in [0.1, 0.15) is 23.0 Å². The number of anilines is 1. The number of carbonyl (C=O) groups is 3. The first-order chi connectivity index (χ1) is 15.9. The van der Waals surface area contributed by atoms with Gasteiger partial charge < -0.3 is 23.9 Å². The number of nitrogens with zero attached hydrogens (tertiary/aromatic N) is 3. The quantitative estimate of drug-likeness (QED) is 0.338. The highest BCUT2D eigenvalue weighted by Crippen LogP contribution is 2.20. The van der Waals surface area contributed by atoms with Crippen LogP contribution >= 0.6 is 23.1 Å². The molecule has 10 nitrogen and oxygen atoms in total. The summed E-state index contributed by atoms with van der Waals surface area (Å²) in [6.07, 6.45) is 0. The van der Waals surface area contributed by atoms with Crippen molar-refractivity contribution >= 4 is 56.9 Å². The molecule has 0 atom stereocenters. The first kappa shape index (κ1) is 24.7. The Morgan fingerprint density at radius 1 is 1.27 bits per heavy atom. The second kappa shape index (κ2) is 11.8. The molecule has 0 saturated carbocycles. The third-order valence-electron chi connectivity index (χ3n) is 4.34. The molecule has 0 bridgehead atoms. The third-order valence-corrected chi connectivity index (χ3v) is 6.30. The van der Waals surface area contributed by atoms with Gasteiger partial charge in [-0.15, -0.1) is 11.8 Å². The summed E-state index contributed by atoms with van der Waals surface area (Å²) in [6, 6.07) is 6.81. The van der Waals surface area contributed by atoms with Crippen molar-refractivity contribution in [3.05, 3.63) is 40.4 Å². The molecule has 0 radical (unpaired) electrons. The fourth-order valence-electron chi connectivity index (χ4n) is 2.89. The number of carbonyl (C=O) groups excluding carboxylic acids is 3.